The van der Waals surface area contributed by atoms with Crippen LogP contribution < -0.4 is 11.1 Å². The first-order chi connectivity index (χ1) is 8.54. The van der Waals surface area contributed by atoms with Gasteiger partial charge in [-0.2, -0.15) is 0 Å². The summed E-state index contributed by atoms with van der Waals surface area (Å²) in [6, 6.07) is 0.282. The van der Waals surface area contributed by atoms with Crippen molar-refractivity contribution < 1.29 is 4.79 Å². The van der Waals surface area contributed by atoms with Crippen molar-refractivity contribution in [2.45, 2.75) is 25.8 Å². The summed E-state index contributed by atoms with van der Waals surface area (Å²) in [7, 11) is 2.12. The van der Waals surface area contributed by atoms with E-state index in [1.54, 1.807) is 0 Å². The van der Waals surface area contributed by atoms with Crippen LogP contribution in [0.4, 0.5) is 5.13 Å². The molecule has 3 N–H and O–H groups in total. The van der Waals surface area contributed by atoms with E-state index >= 15 is 0 Å². The number of thiazole rings is 1. The summed E-state index contributed by atoms with van der Waals surface area (Å²) in [4.78, 5) is 18.3. The van der Waals surface area contributed by atoms with E-state index in [0.29, 0.717) is 17.5 Å². The molecule has 2 rings (SSSR count). The Kier molecular flexibility index (Phi) is 4.19. The third-order valence-electron chi connectivity index (χ3n) is 3.37. The summed E-state index contributed by atoms with van der Waals surface area (Å²) < 4.78 is 0. The lowest BCUT2D eigenvalue weighted by atomic mass is 9.94. The van der Waals surface area contributed by atoms with E-state index in [1.807, 2.05) is 5.38 Å². The molecule has 0 radical (unpaired) electrons. The minimum atomic E-state index is 0.0432. The number of nitrogen functional groups attached to an aromatic ring is 1. The maximum Gasteiger partial charge on any atom is 0.226 e. The molecule has 1 aromatic heterocycles. The second-order valence-electron chi connectivity index (χ2n) is 5.06. The highest BCUT2D eigenvalue weighted by molar-refractivity contribution is 7.13. The SMILES string of the molecule is CC1CN(C)CCC1NC(=O)Cc1csc(N)n1. The molecule has 1 aliphatic heterocycles. The summed E-state index contributed by atoms with van der Waals surface area (Å²) in [5.74, 6) is 0.537. The van der Waals surface area contributed by atoms with Gasteiger partial charge in [0.1, 0.15) is 0 Å². The molecule has 2 heterocycles. The zero-order chi connectivity index (χ0) is 13.1. The Balaban J connectivity index is 1.84. The topological polar surface area (TPSA) is 71.2 Å². The monoisotopic (exact) mass is 268 g/mol. The van der Waals surface area contributed by atoms with E-state index in [0.717, 1.165) is 25.2 Å². The summed E-state index contributed by atoms with van der Waals surface area (Å²) in [5, 5.41) is 5.46. The van der Waals surface area contributed by atoms with Gasteiger partial charge >= 0.3 is 0 Å². The smallest absolute Gasteiger partial charge is 0.226 e. The number of aromatic nitrogens is 1. The van der Waals surface area contributed by atoms with E-state index in [-0.39, 0.29) is 11.9 Å². The second-order valence-corrected chi connectivity index (χ2v) is 5.95. The van der Waals surface area contributed by atoms with Crippen LogP contribution in [0.15, 0.2) is 5.38 Å². The van der Waals surface area contributed by atoms with Gasteiger partial charge in [0.2, 0.25) is 5.91 Å². The fourth-order valence-corrected chi connectivity index (χ4v) is 2.96. The van der Waals surface area contributed by atoms with Crippen LogP contribution in [0.3, 0.4) is 0 Å². The Morgan fingerprint density at radius 2 is 2.50 bits per heavy atom. The number of nitrogens with one attached hydrogen (secondary N) is 1. The minimum Gasteiger partial charge on any atom is -0.375 e. The molecule has 5 nitrogen and oxygen atoms in total. The number of carbonyl (C=O) groups is 1. The second kappa shape index (κ2) is 5.67. The third-order valence-corrected chi connectivity index (χ3v) is 4.09. The molecule has 0 aliphatic carbocycles. The maximum atomic E-state index is 11.9. The highest BCUT2D eigenvalue weighted by Gasteiger charge is 2.25. The number of likely N-dealkylation sites (tertiary alicyclic amines) is 1. The van der Waals surface area contributed by atoms with E-state index in [2.05, 4.69) is 29.2 Å². The molecular weight excluding hydrogens is 248 g/mol. The number of amides is 1. The summed E-state index contributed by atoms with van der Waals surface area (Å²) in [5.41, 5.74) is 6.31. The average molecular weight is 268 g/mol. The predicted molar refractivity (Wildman–Crippen MR) is 73.4 cm³/mol. The molecule has 1 aliphatic rings. The first kappa shape index (κ1) is 13.3. The molecule has 18 heavy (non-hydrogen) atoms. The van der Waals surface area contributed by atoms with Crippen LogP contribution in [0.5, 0.6) is 0 Å². The zero-order valence-electron chi connectivity index (χ0n) is 10.8. The lowest BCUT2D eigenvalue weighted by Crippen LogP contribution is -2.49. The molecule has 0 bridgehead atoms. The number of carbonyl (C=O) groups excluding carboxylic acids is 1. The Morgan fingerprint density at radius 1 is 1.72 bits per heavy atom. The van der Waals surface area contributed by atoms with Crippen molar-refractivity contribution in [3.05, 3.63) is 11.1 Å². The van der Waals surface area contributed by atoms with Crippen LogP contribution >= 0.6 is 11.3 Å². The first-order valence-corrected chi connectivity index (χ1v) is 7.10. The molecular formula is C12H20N4OS. The molecule has 1 saturated heterocycles. The number of nitrogens with two attached hydrogens (primary N) is 1. The van der Waals surface area contributed by atoms with Gasteiger partial charge in [0.05, 0.1) is 12.1 Å². The largest absolute Gasteiger partial charge is 0.375 e. The van der Waals surface area contributed by atoms with Crippen LogP contribution in [-0.2, 0) is 11.2 Å². The summed E-state index contributed by atoms with van der Waals surface area (Å²) >= 11 is 1.37. The van der Waals surface area contributed by atoms with Crippen molar-refractivity contribution in [2.24, 2.45) is 5.92 Å². The number of hydrogen-bond donors (Lipinski definition) is 2. The zero-order valence-corrected chi connectivity index (χ0v) is 11.7. The highest BCUT2D eigenvalue weighted by Crippen LogP contribution is 2.16. The molecule has 1 amide bonds. The van der Waals surface area contributed by atoms with E-state index in [1.165, 1.54) is 11.3 Å². The van der Waals surface area contributed by atoms with Gasteiger partial charge in [-0.05, 0) is 25.9 Å². The predicted octanol–water partition coefficient (Wildman–Crippen LogP) is 0.724. The van der Waals surface area contributed by atoms with Gasteiger partial charge in [0.25, 0.3) is 0 Å². The quantitative estimate of drug-likeness (QED) is 0.847. The van der Waals surface area contributed by atoms with Gasteiger partial charge in [0.15, 0.2) is 5.13 Å². The van der Waals surface area contributed by atoms with Gasteiger partial charge in [-0.3, -0.25) is 4.79 Å². The van der Waals surface area contributed by atoms with Crippen molar-refractivity contribution in [3.8, 4) is 0 Å². The van der Waals surface area contributed by atoms with Crippen LogP contribution in [-0.4, -0.2) is 42.0 Å². The Hall–Kier alpha value is -1.14. The van der Waals surface area contributed by atoms with Crippen molar-refractivity contribution in [3.63, 3.8) is 0 Å². The lowest BCUT2D eigenvalue weighted by Gasteiger charge is -2.35. The van der Waals surface area contributed by atoms with Crippen LogP contribution in [0, 0.1) is 5.92 Å². The molecule has 6 heteroatoms. The molecule has 0 aromatic carbocycles. The average Bonchev–Trinajstić information content (AvgIpc) is 2.68. The van der Waals surface area contributed by atoms with E-state index in [9.17, 15) is 4.79 Å². The Morgan fingerprint density at radius 3 is 3.11 bits per heavy atom. The summed E-state index contributed by atoms with van der Waals surface area (Å²) in [6.45, 7) is 4.26. The number of nitrogens with zero attached hydrogens (tertiary/aromatic N) is 2. The number of rotatable bonds is 3. The summed E-state index contributed by atoms with van der Waals surface area (Å²) in [6.07, 6.45) is 1.34. The molecule has 1 fully saturated rings. The molecule has 2 atom stereocenters. The lowest BCUT2D eigenvalue weighted by molar-refractivity contribution is -0.121. The first-order valence-electron chi connectivity index (χ1n) is 6.22. The molecule has 2 unspecified atom stereocenters. The number of anilines is 1. The van der Waals surface area contributed by atoms with Gasteiger partial charge in [-0.1, -0.05) is 6.92 Å². The van der Waals surface area contributed by atoms with Crippen molar-refractivity contribution in [1.82, 2.24) is 15.2 Å². The molecule has 100 valence electrons. The van der Waals surface area contributed by atoms with Gasteiger partial charge in [-0.15, -0.1) is 11.3 Å². The molecule has 0 spiro atoms. The Bertz CT molecular complexity index is 420. The normalized spacial score (nSPS) is 25.0. The minimum absolute atomic E-state index is 0.0432. The van der Waals surface area contributed by atoms with Crippen LogP contribution in [0.1, 0.15) is 19.0 Å². The van der Waals surface area contributed by atoms with E-state index < -0.39 is 0 Å². The van der Waals surface area contributed by atoms with Gasteiger partial charge in [0, 0.05) is 18.0 Å². The van der Waals surface area contributed by atoms with Crippen molar-refractivity contribution >= 4 is 22.4 Å². The van der Waals surface area contributed by atoms with Crippen molar-refractivity contribution in [1.29, 1.82) is 0 Å². The maximum absolute atomic E-state index is 11.9. The number of hydrogen-bond acceptors (Lipinski definition) is 5. The standard InChI is InChI=1S/C12H20N4OS/c1-8-6-16(2)4-3-10(8)15-11(17)5-9-7-18-12(13)14-9/h7-8,10H,3-6H2,1-2H3,(H2,13,14)(H,15,17). The van der Waals surface area contributed by atoms with Crippen LogP contribution in [0.2, 0.25) is 0 Å². The molecule has 0 saturated carbocycles. The van der Waals surface area contributed by atoms with Gasteiger partial charge < -0.3 is 16.0 Å². The third kappa shape index (κ3) is 3.43. The van der Waals surface area contributed by atoms with Crippen molar-refractivity contribution in [2.75, 3.05) is 25.9 Å². The van der Waals surface area contributed by atoms with Crippen LogP contribution in [0.25, 0.3) is 0 Å². The fraction of sp³-hybridized carbons (Fsp3) is 0.667. The Labute approximate surface area is 111 Å². The van der Waals surface area contributed by atoms with E-state index in [4.69, 9.17) is 5.73 Å². The molecule has 1 aromatic rings. The highest BCUT2D eigenvalue weighted by atomic mass is 32.1. The fourth-order valence-electron chi connectivity index (χ4n) is 2.39. The van der Waals surface area contributed by atoms with Gasteiger partial charge in [-0.25, -0.2) is 4.98 Å². The number of piperidine rings is 1.